The van der Waals surface area contributed by atoms with E-state index < -0.39 is 0 Å². The van der Waals surface area contributed by atoms with Gasteiger partial charge in [-0.15, -0.1) is 0 Å². The topological polar surface area (TPSA) is 38.9 Å². The van der Waals surface area contributed by atoms with Crippen LogP contribution in [0.15, 0.2) is 53.1 Å². The Bertz CT molecular complexity index is 888. The normalized spacial score (nSPS) is 11.6. The lowest BCUT2D eigenvalue weighted by atomic mass is 10.1. The monoisotopic (exact) mass is 320 g/mol. The number of halogens is 1. The molecule has 0 aliphatic heterocycles. The average Bonchev–Trinajstić information content (AvgIpc) is 3.10. The van der Waals surface area contributed by atoms with Crippen molar-refractivity contribution in [3.05, 3.63) is 71.3 Å². The van der Waals surface area contributed by atoms with Crippen LogP contribution in [0.5, 0.6) is 0 Å². The molecule has 0 bridgehead atoms. The van der Waals surface area contributed by atoms with Gasteiger partial charge in [0, 0.05) is 22.6 Å². The summed E-state index contributed by atoms with van der Waals surface area (Å²) >= 11 is 0. The third-order valence-corrected chi connectivity index (χ3v) is 3.80. The van der Waals surface area contributed by atoms with Crippen LogP contribution in [0.25, 0.3) is 11.5 Å². The van der Waals surface area contributed by atoms with Gasteiger partial charge in [-0.1, -0.05) is 36.9 Å². The Labute approximate surface area is 140 Å². The molecule has 0 saturated heterocycles. The van der Waals surface area contributed by atoms with Crippen molar-refractivity contribution in [2.75, 3.05) is 0 Å². The van der Waals surface area contributed by atoms with E-state index in [1.807, 2.05) is 24.3 Å². The Hall–Kier alpha value is -2.93. The van der Waals surface area contributed by atoms with Crippen LogP contribution in [0.2, 0.25) is 0 Å². The van der Waals surface area contributed by atoms with Crippen LogP contribution < -0.4 is 0 Å². The lowest BCUT2D eigenvalue weighted by Gasteiger charge is -1.99. The van der Waals surface area contributed by atoms with Crippen LogP contribution in [0.1, 0.15) is 43.1 Å². The summed E-state index contributed by atoms with van der Waals surface area (Å²) in [4.78, 5) is 4.43. The molecule has 1 unspecified atom stereocenters. The predicted molar refractivity (Wildman–Crippen MR) is 90.8 cm³/mol. The first-order valence-corrected chi connectivity index (χ1v) is 7.87. The number of hydrogen-bond acceptors (Lipinski definition) is 3. The second-order valence-electron chi connectivity index (χ2n) is 5.60. The molecule has 0 aliphatic rings. The number of hydrogen-bond donors (Lipinski definition) is 0. The minimum atomic E-state index is -0.286. The van der Waals surface area contributed by atoms with Gasteiger partial charge in [-0.25, -0.2) is 4.39 Å². The van der Waals surface area contributed by atoms with Gasteiger partial charge in [-0.2, -0.15) is 4.98 Å². The van der Waals surface area contributed by atoms with Gasteiger partial charge in [0.2, 0.25) is 0 Å². The highest BCUT2D eigenvalue weighted by molar-refractivity contribution is 5.55. The second kappa shape index (κ2) is 7.10. The standard InChI is InChI=1S/C20H17FN2O/c1-3-14(2)19-22-20(24-23-19)17-11-9-15(10-12-17)7-8-16-5-4-6-18(21)13-16/h4-6,9-14H,3H2,1-2H3. The van der Waals surface area contributed by atoms with E-state index in [1.165, 1.54) is 12.1 Å². The molecule has 3 rings (SSSR count). The van der Waals surface area contributed by atoms with Crippen LogP contribution in [0.3, 0.4) is 0 Å². The van der Waals surface area contributed by atoms with Crippen molar-refractivity contribution in [3.8, 4) is 23.3 Å². The zero-order valence-corrected chi connectivity index (χ0v) is 13.6. The van der Waals surface area contributed by atoms with Crippen molar-refractivity contribution >= 4 is 0 Å². The van der Waals surface area contributed by atoms with E-state index in [1.54, 1.807) is 12.1 Å². The fourth-order valence-corrected chi connectivity index (χ4v) is 2.14. The Morgan fingerprint density at radius 1 is 1.08 bits per heavy atom. The van der Waals surface area contributed by atoms with Gasteiger partial charge in [0.05, 0.1) is 0 Å². The third kappa shape index (κ3) is 3.69. The van der Waals surface area contributed by atoms with Crippen LogP contribution in [-0.4, -0.2) is 10.1 Å². The molecule has 0 fully saturated rings. The van der Waals surface area contributed by atoms with Crippen LogP contribution in [-0.2, 0) is 0 Å². The molecule has 1 heterocycles. The minimum absolute atomic E-state index is 0.277. The van der Waals surface area contributed by atoms with Crippen molar-refractivity contribution in [1.82, 2.24) is 10.1 Å². The van der Waals surface area contributed by atoms with Gasteiger partial charge in [0.1, 0.15) is 5.82 Å². The largest absolute Gasteiger partial charge is 0.334 e. The first kappa shape index (κ1) is 15.9. The maximum Gasteiger partial charge on any atom is 0.257 e. The summed E-state index contributed by atoms with van der Waals surface area (Å²) in [7, 11) is 0. The van der Waals surface area contributed by atoms with Crippen LogP contribution >= 0.6 is 0 Å². The van der Waals surface area contributed by atoms with E-state index in [-0.39, 0.29) is 11.7 Å². The zero-order chi connectivity index (χ0) is 16.9. The number of nitrogens with zero attached hydrogens (tertiary/aromatic N) is 2. The van der Waals surface area contributed by atoms with Crippen molar-refractivity contribution in [2.24, 2.45) is 0 Å². The number of benzene rings is 2. The molecule has 0 N–H and O–H groups in total. The van der Waals surface area contributed by atoms with Gasteiger partial charge >= 0.3 is 0 Å². The Morgan fingerprint density at radius 2 is 1.83 bits per heavy atom. The molecule has 0 saturated carbocycles. The molecule has 3 nitrogen and oxygen atoms in total. The van der Waals surface area contributed by atoms with Crippen molar-refractivity contribution < 1.29 is 8.91 Å². The molecule has 120 valence electrons. The summed E-state index contributed by atoms with van der Waals surface area (Å²) in [6.07, 6.45) is 0.966. The quantitative estimate of drug-likeness (QED) is 0.651. The van der Waals surface area contributed by atoms with Gasteiger partial charge in [0.15, 0.2) is 5.82 Å². The highest BCUT2D eigenvalue weighted by atomic mass is 19.1. The first-order chi connectivity index (χ1) is 11.7. The Morgan fingerprint density at radius 3 is 2.54 bits per heavy atom. The van der Waals surface area contributed by atoms with E-state index in [2.05, 4.69) is 35.8 Å². The lowest BCUT2D eigenvalue weighted by Crippen LogP contribution is -1.93. The van der Waals surface area contributed by atoms with E-state index in [9.17, 15) is 4.39 Å². The minimum Gasteiger partial charge on any atom is -0.334 e. The maximum atomic E-state index is 13.1. The SMILES string of the molecule is CCC(C)c1noc(-c2ccc(C#Cc3cccc(F)c3)cc2)n1. The van der Waals surface area contributed by atoms with Gasteiger partial charge < -0.3 is 4.52 Å². The van der Waals surface area contributed by atoms with Crippen LogP contribution in [0.4, 0.5) is 4.39 Å². The molecule has 0 aliphatic carbocycles. The van der Waals surface area contributed by atoms with Crippen molar-refractivity contribution in [2.45, 2.75) is 26.2 Å². The lowest BCUT2D eigenvalue weighted by molar-refractivity contribution is 0.416. The summed E-state index contributed by atoms with van der Waals surface area (Å²) < 4.78 is 18.4. The van der Waals surface area contributed by atoms with E-state index in [4.69, 9.17) is 4.52 Å². The van der Waals surface area contributed by atoms with Gasteiger partial charge in [-0.05, 0) is 48.9 Å². The number of aromatic nitrogens is 2. The molecule has 1 atom stereocenters. The van der Waals surface area contributed by atoms with E-state index in [0.29, 0.717) is 11.5 Å². The molecule has 2 aromatic carbocycles. The molecular weight excluding hydrogens is 303 g/mol. The summed E-state index contributed by atoms with van der Waals surface area (Å²) in [5, 5.41) is 4.02. The molecule has 0 radical (unpaired) electrons. The fraction of sp³-hybridized carbons (Fsp3) is 0.200. The molecule has 0 amide bonds. The molecule has 24 heavy (non-hydrogen) atoms. The maximum absolute atomic E-state index is 13.1. The smallest absolute Gasteiger partial charge is 0.257 e. The Kier molecular flexibility index (Phi) is 4.72. The predicted octanol–water partition coefficient (Wildman–Crippen LogP) is 4.79. The average molecular weight is 320 g/mol. The molecule has 3 aromatic rings. The molecule has 0 spiro atoms. The first-order valence-electron chi connectivity index (χ1n) is 7.87. The molecular formula is C20H17FN2O. The molecule has 1 aromatic heterocycles. The summed E-state index contributed by atoms with van der Waals surface area (Å²) in [5.41, 5.74) is 2.34. The summed E-state index contributed by atoms with van der Waals surface area (Å²) in [5.74, 6) is 7.19. The number of rotatable bonds is 3. The highest BCUT2D eigenvalue weighted by Crippen LogP contribution is 2.21. The Balaban J connectivity index is 1.78. The van der Waals surface area contributed by atoms with Gasteiger partial charge in [-0.3, -0.25) is 0 Å². The van der Waals surface area contributed by atoms with E-state index >= 15 is 0 Å². The highest BCUT2D eigenvalue weighted by Gasteiger charge is 2.13. The van der Waals surface area contributed by atoms with Crippen molar-refractivity contribution in [1.29, 1.82) is 0 Å². The zero-order valence-electron chi connectivity index (χ0n) is 13.6. The third-order valence-electron chi connectivity index (χ3n) is 3.80. The van der Waals surface area contributed by atoms with E-state index in [0.717, 1.165) is 23.4 Å². The molecule has 4 heteroatoms. The summed E-state index contributed by atoms with van der Waals surface area (Å²) in [6.45, 7) is 4.16. The fourth-order valence-electron chi connectivity index (χ4n) is 2.14. The van der Waals surface area contributed by atoms with Gasteiger partial charge in [0.25, 0.3) is 5.89 Å². The second-order valence-corrected chi connectivity index (χ2v) is 5.60. The van der Waals surface area contributed by atoms with Crippen molar-refractivity contribution in [3.63, 3.8) is 0 Å². The summed E-state index contributed by atoms with van der Waals surface area (Å²) in [6, 6.07) is 13.8. The van der Waals surface area contributed by atoms with Crippen LogP contribution in [0, 0.1) is 17.7 Å².